The first-order valence-corrected chi connectivity index (χ1v) is 19.4. The minimum atomic E-state index is -4.40. The van der Waals surface area contributed by atoms with Crippen molar-refractivity contribution in [3.8, 4) is 17.6 Å². The molecule has 1 aliphatic rings. The van der Waals surface area contributed by atoms with Gasteiger partial charge in [-0.25, -0.2) is 4.90 Å². The van der Waals surface area contributed by atoms with Crippen molar-refractivity contribution in [3.63, 3.8) is 0 Å². The first-order chi connectivity index (χ1) is 24.8. The molecule has 0 aromatic heterocycles. The molecular formula is C38H67F3N4O7S. The SMILES string of the molecule is CC.CC.CCC.CCCC.CCCN(CC)C(O)(O)O.CSc1ccc(NCC#CC2Cc3c(N)cccc3N2CC(F)(F)F)c(OC(O)(O)O)c1. The van der Waals surface area contributed by atoms with Crippen molar-refractivity contribution in [1.29, 1.82) is 0 Å². The average Bonchev–Trinajstić information content (AvgIpc) is 3.44. The second-order valence-corrected chi connectivity index (χ2v) is 11.8. The van der Waals surface area contributed by atoms with Gasteiger partial charge in [0.25, 0.3) is 0 Å². The Morgan fingerprint density at radius 3 is 1.91 bits per heavy atom. The number of hydrogen-bond acceptors (Lipinski definition) is 12. The second kappa shape index (κ2) is 29.4. The standard InChI is InChI=1S/C21H22F3N3O4S.C6H15NO3.C4H10.C3H8.2C2H6/c1-32-14-7-8-17(19(11-14)31-21(28,29)30)26-9-3-4-13-10-15-16(25)5-2-6-18(15)27(13)12-20(22,23)24;1-3-5-7(4-2)6(8,9)10;1-3-4-2;1-3-2;2*1-2/h2,5-8,11,13,26,28-30H,9-10,12,25H2,1H3;8-10H,3-5H2,1-2H3;3-4H2,1-2H3;3H2,1-2H3;2*1-2H3. The first kappa shape index (κ1) is 54.4. The van der Waals surface area contributed by atoms with Gasteiger partial charge in [0.1, 0.15) is 6.54 Å². The lowest BCUT2D eigenvalue weighted by atomic mass is 10.1. The summed E-state index contributed by atoms with van der Waals surface area (Å²) in [6.45, 7) is 20.0. The third kappa shape index (κ3) is 24.2. The van der Waals surface area contributed by atoms with Gasteiger partial charge < -0.3 is 51.3 Å². The highest BCUT2D eigenvalue weighted by atomic mass is 32.2. The number of nitrogens with one attached hydrogen (secondary N) is 1. The summed E-state index contributed by atoms with van der Waals surface area (Å²) in [7, 11) is 0. The predicted molar refractivity (Wildman–Crippen MR) is 212 cm³/mol. The Morgan fingerprint density at radius 1 is 0.925 bits per heavy atom. The van der Waals surface area contributed by atoms with Crippen molar-refractivity contribution < 1.29 is 48.5 Å². The number of rotatable bonds is 11. The van der Waals surface area contributed by atoms with Crippen molar-refractivity contribution in [3.05, 3.63) is 42.0 Å². The average molecular weight is 781 g/mol. The summed E-state index contributed by atoms with van der Waals surface area (Å²) in [4.78, 5) is 3.09. The highest BCUT2D eigenvalue weighted by molar-refractivity contribution is 7.98. The predicted octanol–water partition coefficient (Wildman–Crippen LogP) is 6.95. The quantitative estimate of drug-likeness (QED) is 0.0511. The maximum Gasteiger partial charge on any atom is 0.453 e. The van der Waals surface area contributed by atoms with Gasteiger partial charge in [-0.2, -0.15) is 13.2 Å². The van der Waals surface area contributed by atoms with Crippen LogP contribution in [0, 0.1) is 11.8 Å². The molecule has 0 fully saturated rings. The Hall–Kier alpha value is -2.94. The molecule has 0 aliphatic carbocycles. The van der Waals surface area contributed by atoms with Crippen LogP contribution in [0.1, 0.15) is 100 Å². The van der Waals surface area contributed by atoms with Crippen LogP contribution in [0.25, 0.3) is 0 Å². The number of fused-ring (bicyclic) bond motifs is 1. The molecular weight excluding hydrogens is 714 g/mol. The lowest BCUT2D eigenvalue weighted by Gasteiger charge is -2.28. The molecule has 0 amide bonds. The van der Waals surface area contributed by atoms with Crippen LogP contribution >= 0.6 is 11.8 Å². The van der Waals surface area contributed by atoms with Crippen molar-refractivity contribution in [2.24, 2.45) is 0 Å². The highest BCUT2D eigenvalue weighted by Crippen LogP contribution is 2.37. The fourth-order valence-corrected chi connectivity index (χ4v) is 4.61. The molecule has 0 saturated carbocycles. The highest BCUT2D eigenvalue weighted by Gasteiger charge is 2.38. The molecule has 2 aromatic rings. The molecule has 1 heterocycles. The molecule has 1 unspecified atom stereocenters. The topological polar surface area (TPSA) is 175 Å². The van der Waals surface area contributed by atoms with Gasteiger partial charge in [-0.15, -0.1) is 11.8 Å². The lowest BCUT2D eigenvalue weighted by Crippen LogP contribution is -2.48. The van der Waals surface area contributed by atoms with E-state index in [0.717, 1.165) is 16.2 Å². The number of nitrogens with two attached hydrogens (primary N) is 1. The van der Waals surface area contributed by atoms with E-state index in [1.54, 1.807) is 43.5 Å². The number of nitrogens with zero attached hydrogens (tertiary/aromatic N) is 2. The zero-order chi connectivity index (χ0) is 41.8. The third-order valence-electron chi connectivity index (χ3n) is 6.49. The van der Waals surface area contributed by atoms with Crippen LogP contribution in [0.4, 0.5) is 30.2 Å². The molecule has 0 spiro atoms. The van der Waals surface area contributed by atoms with Crippen LogP contribution in [0.5, 0.6) is 5.75 Å². The molecule has 0 bridgehead atoms. The van der Waals surface area contributed by atoms with Crippen LogP contribution in [0.2, 0.25) is 0 Å². The van der Waals surface area contributed by atoms with Crippen LogP contribution < -0.4 is 20.7 Å². The Balaban J connectivity index is -0.000000984. The fraction of sp³-hybridized carbons (Fsp3) is 0.632. The summed E-state index contributed by atoms with van der Waals surface area (Å²) in [5.41, 5.74) is 7.73. The van der Waals surface area contributed by atoms with E-state index in [0.29, 0.717) is 35.7 Å². The molecule has 9 N–H and O–H groups in total. The molecule has 1 atom stereocenters. The summed E-state index contributed by atoms with van der Waals surface area (Å²) in [6.07, 6.45) is -3.68. The summed E-state index contributed by atoms with van der Waals surface area (Å²) >= 11 is 1.37. The van der Waals surface area contributed by atoms with Crippen molar-refractivity contribution in [2.45, 2.75) is 131 Å². The minimum Gasteiger partial charge on any atom is -0.415 e. The largest absolute Gasteiger partial charge is 0.453 e. The van der Waals surface area contributed by atoms with Crippen molar-refractivity contribution in [1.82, 2.24) is 4.90 Å². The number of aliphatic hydroxyl groups is 6. The Labute approximate surface area is 320 Å². The zero-order valence-electron chi connectivity index (χ0n) is 33.5. The van der Waals surface area contributed by atoms with Gasteiger partial charge >= 0.3 is 18.4 Å². The normalized spacial score (nSPS) is 13.0. The number of hydrogen-bond donors (Lipinski definition) is 8. The number of alkyl halides is 3. The summed E-state index contributed by atoms with van der Waals surface area (Å²) in [6, 6.07) is 8.97. The van der Waals surface area contributed by atoms with Gasteiger partial charge in [0, 0.05) is 41.3 Å². The number of halogens is 3. The van der Waals surface area contributed by atoms with Gasteiger partial charge in [0.15, 0.2) is 5.75 Å². The van der Waals surface area contributed by atoms with E-state index in [-0.39, 0.29) is 18.7 Å². The van der Waals surface area contributed by atoms with E-state index in [1.807, 2.05) is 34.6 Å². The molecule has 2 aromatic carbocycles. The number of unbranched alkanes of at least 4 members (excludes halogenated alkanes) is 1. The van der Waals surface area contributed by atoms with Crippen LogP contribution in [-0.2, 0) is 6.42 Å². The van der Waals surface area contributed by atoms with E-state index < -0.39 is 31.0 Å². The van der Waals surface area contributed by atoms with Gasteiger partial charge in [0.2, 0.25) is 0 Å². The van der Waals surface area contributed by atoms with Crippen LogP contribution in [-0.4, -0.2) is 92.4 Å². The van der Waals surface area contributed by atoms with Crippen molar-refractivity contribution >= 4 is 28.8 Å². The first-order valence-electron chi connectivity index (χ1n) is 18.2. The molecule has 11 nitrogen and oxygen atoms in total. The lowest BCUT2D eigenvalue weighted by molar-refractivity contribution is -0.419. The van der Waals surface area contributed by atoms with Gasteiger partial charge in [0.05, 0.1) is 18.3 Å². The van der Waals surface area contributed by atoms with Crippen LogP contribution in [0.15, 0.2) is 41.3 Å². The molecule has 308 valence electrons. The molecule has 3 rings (SSSR count). The molecule has 0 radical (unpaired) electrons. The molecule has 53 heavy (non-hydrogen) atoms. The summed E-state index contributed by atoms with van der Waals surface area (Å²) < 4.78 is 44.1. The minimum absolute atomic E-state index is 0.0342. The molecule has 0 saturated heterocycles. The van der Waals surface area contributed by atoms with Crippen molar-refractivity contribution in [2.75, 3.05) is 48.4 Å². The van der Waals surface area contributed by atoms with Gasteiger partial charge in [-0.3, -0.25) is 0 Å². The maximum absolute atomic E-state index is 13.1. The second-order valence-electron chi connectivity index (χ2n) is 10.9. The summed E-state index contributed by atoms with van der Waals surface area (Å²) in [5.74, 6) is 5.62. The van der Waals surface area contributed by atoms with Crippen LogP contribution in [0.3, 0.4) is 0 Å². The Kier molecular flexibility index (Phi) is 30.2. The monoisotopic (exact) mass is 780 g/mol. The smallest absolute Gasteiger partial charge is 0.415 e. The number of ether oxygens (including phenoxy) is 1. The third-order valence-corrected chi connectivity index (χ3v) is 7.22. The Morgan fingerprint density at radius 2 is 1.49 bits per heavy atom. The number of anilines is 3. The number of nitrogen functional groups attached to an aromatic ring is 1. The van der Waals surface area contributed by atoms with E-state index in [1.165, 1.54) is 42.0 Å². The van der Waals surface area contributed by atoms with Gasteiger partial charge in [-0.1, -0.05) is 106 Å². The van der Waals surface area contributed by atoms with E-state index in [9.17, 15) is 13.2 Å². The molecule has 1 aliphatic heterocycles. The van der Waals surface area contributed by atoms with E-state index >= 15 is 0 Å². The molecule has 15 heteroatoms. The van der Waals surface area contributed by atoms with E-state index in [2.05, 4.69) is 44.9 Å². The Bertz CT molecular complexity index is 1280. The fourth-order valence-electron chi connectivity index (χ4n) is 4.18. The number of benzene rings is 2. The maximum atomic E-state index is 13.1. The zero-order valence-corrected chi connectivity index (χ0v) is 34.3. The summed E-state index contributed by atoms with van der Waals surface area (Å²) in [5, 5.41) is 56.2. The van der Waals surface area contributed by atoms with E-state index in [4.69, 9.17) is 41.1 Å². The number of thioether (sulfide) groups is 1. The van der Waals surface area contributed by atoms with Gasteiger partial charge in [-0.05, 0) is 43.0 Å².